The summed E-state index contributed by atoms with van der Waals surface area (Å²) in [5.41, 5.74) is 2.01. The molecule has 14 heavy (non-hydrogen) atoms. The summed E-state index contributed by atoms with van der Waals surface area (Å²) in [7, 11) is 0. The van der Waals surface area contributed by atoms with E-state index in [1.165, 1.54) is 17.3 Å². The van der Waals surface area contributed by atoms with E-state index in [0.717, 1.165) is 5.71 Å². The largest absolute Gasteiger partial charge is 0.303 e. The summed E-state index contributed by atoms with van der Waals surface area (Å²) in [6, 6.07) is 0. The number of amidine groups is 1. The summed E-state index contributed by atoms with van der Waals surface area (Å²) in [5.74, 6) is 0.430. The van der Waals surface area contributed by atoms with Crippen LogP contribution in [0.1, 0.15) is 20.8 Å². The molecule has 1 aliphatic rings. The van der Waals surface area contributed by atoms with Crippen LogP contribution in [0.25, 0.3) is 0 Å². The standard InChI is InChI=1S/C9H13N3OS/c1-6(2)4-7(3)11-12-9-10-8(13)5-14-9/h4H,5H2,1-3H3,(H,10,12,13)/b11-7+. The number of nitrogens with one attached hydrogen (secondary N) is 1. The van der Waals surface area contributed by atoms with Crippen LogP contribution in [0.5, 0.6) is 0 Å². The van der Waals surface area contributed by atoms with Crippen molar-refractivity contribution in [3.8, 4) is 0 Å². The van der Waals surface area contributed by atoms with E-state index in [1.54, 1.807) is 0 Å². The molecular weight excluding hydrogens is 198 g/mol. The fourth-order valence-corrected chi connectivity index (χ4v) is 1.57. The summed E-state index contributed by atoms with van der Waals surface area (Å²) in [6.07, 6.45) is 1.94. The normalized spacial score (nSPS) is 19.8. The van der Waals surface area contributed by atoms with Crippen molar-refractivity contribution in [3.63, 3.8) is 0 Å². The van der Waals surface area contributed by atoms with Gasteiger partial charge in [-0.1, -0.05) is 17.3 Å². The Morgan fingerprint density at radius 3 is 2.71 bits per heavy atom. The lowest BCUT2D eigenvalue weighted by atomic mass is 10.3. The van der Waals surface area contributed by atoms with Crippen LogP contribution in [-0.4, -0.2) is 22.5 Å². The first-order valence-corrected chi connectivity index (χ1v) is 5.26. The van der Waals surface area contributed by atoms with Gasteiger partial charge in [-0.2, -0.15) is 5.10 Å². The lowest BCUT2D eigenvalue weighted by Gasteiger charge is -1.92. The topological polar surface area (TPSA) is 53.8 Å². The third-order valence-electron chi connectivity index (χ3n) is 1.38. The van der Waals surface area contributed by atoms with Crippen molar-refractivity contribution < 1.29 is 4.79 Å². The molecule has 1 heterocycles. The number of hydrogen-bond donors (Lipinski definition) is 1. The van der Waals surface area contributed by atoms with Crippen LogP contribution >= 0.6 is 11.8 Å². The maximum atomic E-state index is 10.8. The van der Waals surface area contributed by atoms with E-state index in [0.29, 0.717) is 10.9 Å². The molecule has 1 aliphatic heterocycles. The molecule has 0 saturated carbocycles. The quantitative estimate of drug-likeness (QED) is 0.556. The monoisotopic (exact) mass is 211 g/mol. The van der Waals surface area contributed by atoms with Gasteiger partial charge in [-0.15, -0.1) is 5.10 Å². The molecule has 0 atom stereocenters. The molecule has 76 valence electrons. The zero-order chi connectivity index (χ0) is 10.6. The van der Waals surface area contributed by atoms with Gasteiger partial charge in [0.25, 0.3) is 0 Å². The Hall–Kier alpha value is -1.10. The Morgan fingerprint density at radius 2 is 2.21 bits per heavy atom. The Labute approximate surface area is 87.6 Å². The number of rotatable bonds is 2. The lowest BCUT2D eigenvalue weighted by Crippen LogP contribution is -2.19. The van der Waals surface area contributed by atoms with Gasteiger partial charge in [0, 0.05) is 0 Å². The Bertz CT molecular complexity index is 327. The Balaban J connectivity index is 2.61. The van der Waals surface area contributed by atoms with Crippen molar-refractivity contribution in [1.29, 1.82) is 0 Å². The second-order valence-corrected chi connectivity index (χ2v) is 4.17. The van der Waals surface area contributed by atoms with E-state index in [4.69, 9.17) is 0 Å². The van der Waals surface area contributed by atoms with Crippen LogP contribution < -0.4 is 5.32 Å². The molecule has 0 aromatic heterocycles. The van der Waals surface area contributed by atoms with Gasteiger partial charge in [-0.25, -0.2) is 0 Å². The summed E-state index contributed by atoms with van der Waals surface area (Å²) in [4.78, 5) is 10.8. The van der Waals surface area contributed by atoms with Crippen LogP contribution in [0.2, 0.25) is 0 Å². The molecule has 1 amide bonds. The first-order valence-electron chi connectivity index (χ1n) is 4.28. The highest BCUT2D eigenvalue weighted by Crippen LogP contribution is 2.08. The highest BCUT2D eigenvalue weighted by atomic mass is 32.2. The number of hydrogen-bond acceptors (Lipinski definition) is 4. The average molecular weight is 211 g/mol. The number of allylic oxidation sites excluding steroid dienone is 2. The Morgan fingerprint density at radius 1 is 1.50 bits per heavy atom. The molecular formula is C9H13N3OS. The number of nitrogens with zero attached hydrogens (tertiary/aromatic N) is 2. The summed E-state index contributed by atoms with van der Waals surface area (Å²) >= 11 is 1.37. The van der Waals surface area contributed by atoms with Gasteiger partial charge in [0.2, 0.25) is 5.91 Å². The van der Waals surface area contributed by atoms with Crippen LogP contribution in [-0.2, 0) is 4.79 Å². The van der Waals surface area contributed by atoms with Crippen LogP contribution in [0.3, 0.4) is 0 Å². The lowest BCUT2D eigenvalue weighted by molar-refractivity contribution is -0.116. The fraction of sp³-hybridized carbons (Fsp3) is 0.444. The minimum atomic E-state index is -0.0104. The van der Waals surface area contributed by atoms with Crippen LogP contribution in [0.4, 0.5) is 0 Å². The molecule has 1 N–H and O–H groups in total. The molecule has 1 saturated heterocycles. The van der Waals surface area contributed by atoms with E-state index in [2.05, 4.69) is 15.5 Å². The molecule has 1 rings (SSSR count). The third-order valence-corrected chi connectivity index (χ3v) is 2.25. The molecule has 5 heteroatoms. The van der Waals surface area contributed by atoms with Crippen molar-refractivity contribution in [2.24, 2.45) is 10.2 Å². The smallest absolute Gasteiger partial charge is 0.236 e. The zero-order valence-electron chi connectivity index (χ0n) is 8.50. The fourth-order valence-electron chi connectivity index (χ4n) is 0.950. The molecule has 1 fully saturated rings. The van der Waals surface area contributed by atoms with Crippen LogP contribution in [0, 0.1) is 0 Å². The van der Waals surface area contributed by atoms with Crippen molar-refractivity contribution in [2.75, 3.05) is 5.75 Å². The van der Waals surface area contributed by atoms with Gasteiger partial charge < -0.3 is 5.32 Å². The molecule has 0 unspecified atom stereocenters. The highest BCUT2D eigenvalue weighted by molar-refractivity contribution is 8.15. The zero-order valence-corrected chi connectivity index (χ0v) is 9.31. The second-order valence-electron chi connectivity index (χ2n) is 3.21. The first kappa shape index (κ1) is 11.0. The number of carbonyl (C=O) groups is 1. The SMILES string of the molecule is CC(C)=C/C(C)=N/N=C1\NC(=O)CS1. The molecule has 0 aliphatic carbocycles. The minimum absolute atomic E-state index is 0.0104. The molecule has 4 nitrogen and oxygen atoms in total. The highest BCUT2D eigenvalue weighted by Gasteiger charge is 2.15. The second kappa shape index (κ2) is 4.95. The van der Waals surface area contributed by atoms with Gasteiger partial charge in [0.05, 0.1) is 11.5 Å². The summed E-state index contributed by atoms with van der Waals surface area (Å²) < 4.78 is 0. The van der Waals surface area contributed by atoms with Crippen molar-refractivity contribution in [2.45, 2.75) is 20.8 Å². The van der Waals surface area contributed by atoms with Gasteiger partial charge in [-0.05, 0) is 26.8 Å². The van der Waals surface area contributed by atoms with Crippen molar-refractivity contribution >= 4 is 28.5 Å². The van der Waals surface area contributed by atoms with E-state index < -0.39 is 0 Å². The first-order chi connectivity index (χ1) is 6.58. The number of thioether (sulfide) groups is 1. The van der Waals surface area contributed by atoms with Gasteiger partial charge in [0.1, 0.15) is 0 Å². The summed E-state index contributed by atoms with van der Waals surface area (Å²) in [5, 5.41) is 11.1. The number of carbonyl (C=O) groups excluding carboxylic acids is 1. The molecule has 0 aromatic carbocycles. The Kier molecular flexibility index (Phi) is 3.88. The molecule has 0 bridgehead atoms. The van der Waals surface area contributed by atoms with E-state index in [-0.39, 0.29) is 5.91 Å². The van der Waals surface area contributed by atoms with Gasteiger partial charge in [-0.3, -0.25) is 4.79 Å². The number of amides is 1. The minimum Gasteiger partial charge on any atom is -0.303 e. The molecule has 0 radical (unpaired) electrons. The molecule has 0 spiro atoms. The van der Waals surface area contributed by atoms with Gasteiger partial charge >= 0.3 is 0 Å². The summed E-state index contributed by atoms with van der Waals surface area (Å²) in [6.45, 7) is 5.87. The average Bonchev–Trinajstić information content (AvgIpc) is 2.47. The van der Waals surface area contributed by atoms with E-state index in [1.807, 2.05) is 26.8 Å². The maximum absolute atomic E-state index is 10.8. The van der Waals surface area contributed by atoms with Crippen molar-refractivity contribution in [3.05, 3.63) is 11.6 Å². The van der Waals surface area contributed by atoms with Gasteiger partial charge in [0.15, 0.2) is 5.17 Å². The predicted octanol–water partition coefficient (Wildman–Crippen LogP) is 1.55. The molecule has 0 aromatic rings. The van der Waals surface area contributed by atoms with E-state index in [9.17, 15) is 4.79 Å². The maximum Gasteiger partial charge on any atom is 0.236 e. The van der Waals surface area contributed by atoms with E-state index >= 15 is 0 Å². The van der Waals surface area contributed by atoms with Crippen LogP contribution in [0.15, 0.2) is 21.9 Å². The predicted molar refractivity (Wildman–Crippen MR) is 60.6 cm³/mol. The third kappa shape index (κ3) is 3.74. The van der Waals surface area contributed by atoms with Crippen molar-refractivity contribution in [1.82, 2.24) is 5.32 Å².